The van der Waals surface area contributed by atoms with Crippen molar-refractivity contribution in [1.82, 2.24) is 14.9 Å². The fourth-order valence-corrected chi connectivity index (χ4v) is 3.49. The smallest absolute Gasteiger partial charge is 0.387 e. The van der Waals surface area contributed by atoms with Crippen molar-refractivity contribution >= 4 is 17.3 Å². The summed E-state index contributed by atoms with van der Waals surface area (Å²) in [6, 6.07) is 13.2. The van der Waals surface area contributed by atoms with E-state index in [4.69, 9.17) is 0 Å². The monoisotopic (exact) mass is 412 g/mol. The number of amides is 1. The van der Waals surface area contributed by atoms with Crippen LogP contribution in [0, 0.1) is 0 Å². The van der Waals surface area contributed by atoms with Gasteiger partial charge in [-0.05, 0) is 49.2 Å². The molecule has 2 N–H and O–H groups in total. The van der Waals surface area contributed by atoms with E-state index in [1.807, 2.05) is 12.3 Å². The van der Waals surface area contributed by atoms with Crippen molar-refractivity contribution in [3.8, 4) is 5.75 Å². The average Bonchev–Trinajstić information content (AvgIpc) is 3.16. The molecule has 30 heavy (non-hydrogen) atoms. The van der Waals surface area contributed by atoms with Crippen LogP contribution < -0.4 is 15.4 Å². The average molecular weight is 412 g/mol. The number of aryl methyl sites for hydroxylation is 2. The Morgan fingerprint density at radius 3 is 2.70 bits per heavy atom. The van der Waals surface area contributed by atoms with Crippen LogP contribution >= 0.6 is 0 Å². The maximum Gasteiger partial charge on any atom is 0.387 e. The van der Waals surface area contributed by atoms with E-state index in [1.54, 1.807) is 30.3 Å². The number of para-hydroxylation sites is 1. The van der Waals surface area contributed by atoms with Crippen LogP contribution in [-0.4, -0.2) is 22.1 Å². The van der Waals surface area contributed by atoms with Gasteiger partial charge in [-0.3, -0.25) is 4.79 Å². The minimum Gasteiger partial charge on any atom is -0.435 e. The molecule has 8 heteroatoms. The van der Waals surface area contributed by atoms with Crippen LogP contribution in [-0.2, 0) is 19.5 Å². The van der Waals surface area contributed by atoms with Gasteiger partial charge in [-0.25, -0.2) is 4.98 Å². The molecule has 6 nitrogen and oxygen atoms in total. The van der Waals surface area contributed by atoms with E-state index >= 15 is 0 Å². The lowest BCUT2D eigenvalue weighted by Gasteiger charge is -2.12. The molecule has 0 fully saturated rings. The maximum atomic E-state index is 12.8. The lowest BCUT2D eigenvalue weighted by Crippen LogP contribution is -2.23. The molecular weight excluding hydrogens is 390 g/mol. The summed E-state index contributed by atoms with van der Waals surface area (Å²) >= 11 is 0. The summed E-state index contributed by atoms with van der Waals surface area (Å²) in [5.41, 5.74) is 2.59. The number of fused-ring (bicyclic) bond motifs is 1. The second-order valence-corrected chi connectivity index (χ2v) is 7.06. The molecule has 0 radical (unpaired) electrons. The van der Waals surface area contributed by atoms with Gasteiger partial charge in [0.05, 0.1) is 23.5 Å². The summed E-state index contributed by atoms with van der Waals surface area (Å²) in [7, 11) is 0. The molecule has 2 aromatic carbocycles. The zero-order valence-corrected chi connectivity index (χ0v) is 16.3. The summed E-state index contributed by atoms with van der Waals surface area (Å²) in [6.07, 6.45) is 5.28. The third-order valence-corrected chi connectivity index (χ3v) is 4.92. The second-order valence-electron chi connectivity index (χ2n) is 7.06. The Kier molecular flexibility index (Phi) is 5.92. The summed E-state index contributed by atoms with van der Waals surface area (Å²) < 4.78 is 31.1. The number of anilines is 2. The molecule has 4 rings (SSSR count). The Labute approximate surface area is 172 Å². The van der Waals surface area contributed by atoms with Gasteiger partial charge in [-0.15, -0.1) is 0 Å². The van der Waals surface area contributed by atoms with Crippen molar-refractivity contribution in [2.24, 2.45) is 0 Å². The van der Waals surface area contributed by atoms with E-state index in [2.05, 4.69) is 24.9 Å². The van der Waals surface area contributed by atoms with Crippen molar-refractivity contribution in [3.63, 3.8) is 0 Å². The predicted octanol–water partition coefficient (Wildman–Crippen LogP) is 4.49. The molecule has 0 aliphatic carbocycles. The Hall–Kier alpha value is -3.42. The number of ether oxygens (including phenoxy) is 1. The van der Waals surface area contributed by atoms with Gasteiger partial charge in [0.1, 0.15) is 11.6 Å². The molecule has 1 aliphatic heterocycles. The number of carbonyl (C=O) groups excluding carboxylic acids is 1. The number of nitrogens with zero attached hydrogens (tertiary/aromatic N) is 2. The third kappa shape index (κ3) is 4.76. The van der Waals surface area contributed by atoms with Crippen LogP contribution in [0.2, 0.25) is 0 Å². The molecular formula is C22H22F2N4O2. The number of nitrogens with one attached hydrogen (secondary N) is 2. The van der Waals surface area contributed by atoms with Gasteiger partial charge in [0.2, 0.25) is 0 Å². The van der Waals surface area contributed by atoms with Crippen molar-refractivity contribution in [2.75, 3.05) is 5.32 Å². The number of imidazole rings is 1. The summed E-state index contributed by atoms with van der Waals surface area (Å²) in [4.78, 5) is 17.4. The third-order valence-electron chi connectivity index (χ3n) is 4.92. The largest absolute Gasteiger partial charge is 0.435 e. The Bertz CT molecular complexity index is 995. The summed E-state index contributed by atoms with van der Waals surface area (Å²) in [5.74, 6) is 0.929. The molecule has 0 bridgehead atoms. The maximum absolute atomic E-state index is 12.8. The lowest BCUT2D eigenvalue weighted by molar-refractivity contribution is -0.0498. The topological polar surface area (TPSA) is 68.2 Å². The second kappa shape index (κ2) is 8.94. The number of rotatable bonds is 7. The van der Waals surface area contributed by atoms with Crippen LogP contribution in [0.1, 0.15) is 34.7 Å². The van der Waals surface area contributed by atoms with Crippen LogP contribution in [0.4, 0.5) is 20.2 Å². The van der Waals surface area contributed by atoms with Crippen molar-refractivity contribution < 1.29 is 18.3 Å². The molecule has 0 atom stereocenters. The van der Waals surface area contributed by atoms with Crippen LogP contribution in [0.5, 0.6) is 5.75 Å². The fraction of sp³-hybridized carbons (Fsp3) is 0.273. The minimum absolute atomic E-state index is 0.0735. The molecule has 0 saturated heterocycles. The highest BCUT2D eigenvalue weighted by Crippen LogP contribution is 2.24. The van der Waals surface area contributed by atoms with E-state index in [0.29, 0.717) is 23.5 Å². The van der Waals surface area contributed by atoms with Gasteiger partial charge in [-0.1, -0.05) is 12.1 Å². The van der Waals surface area contributed by atoms with E-state index in [-0.39, 0.29) is 11.7 Å². The molecule has 0 unspecified atom stereocenters. The van der Waals surface area contributed by atoms with Crippen LogP contribution in [0.25, 0.3) is 0 Å². The lowest BCUT2D eigenvalue weighted by atomic mass is 10.1. The zero-order valence-electron chi connectivity index (χ0n) is 16.3. The first-order valence-electron chi connectivity index (χ1n) is 9.82. The van der Waals surface area contributed by atoms with Gasteiger partial charge < -0.3 is 19.9 Å². The number of halogens is 2. The number of alkyl halides is 2. The highest BCUT2D eigenvalue weighted by molar-refractivity contribution is 6.00. The first-order valence-corrected chi connectivity index (χ1v) is 9.82. The Morgan fingerprint density at radius 2 is 1.93 bits per heavy atom. The normalized spacial score (nSPS) is 13.0. The molecule has 0 spiro atoms. The van der Waals surface area contributed by atoms with Gasteiger partial charge in [-0.2, -0.15) is 8.78 Å². The van der Waals surface area contributed by atoms with E-state index in [9.17, 15) is 13.6 Å². The van der Waals surface area contributed by atoms with Crippen molar-refractivity contribution in [3.05, 3.63) is 71.8 Å². The van der Waals surface area contributed by atoms with Crippen molar-refractivity contribution in [1.29, 1.82) is 0 Å². The summed E-state index contributed by atoms with van der Waals surface area (Å²) in [6.45, 7) is -1.54. The molecule has 156 valence electrons. The van der Waals surface area contributed by atoms with Crippen molar-refractivity contribution in [2.45, 2.75) is 39.0 Å². The Morgan fingerprint density at radius 1 is 1.13 bits per heavy atom. The first-order chi connectivity index (χ1) is 14.6. The van der Waals surface area contributed by atoms with Gasteiger partial charge >= 0.3 is 6.61 Å². The quantitative estimate of drug-likeness (QED) is 0.600. The van der Waals surface area contributed by atoms with E-state index < -0.39 is 6.61 Å². The first kappa shape index (κ1) is 19.9. The van der Waals surface area contributed by atoms with Gasteiger partial charge in [0, 0.05) is 24.8 Å². The number of hydrogen-bond acceptors (Lipinski definition) is 4. The van der Waals surface area contributed by atoms with Crippen LogP contribution in [0.15, 0.2) is 54.7 Å². The highest BCUT2D eigenvalue weighted by atomic mass is 19.3. The molecule has 1 aromatic heterocycles. The molecule has 1 aliphatic rings. The number of hydrogen-bond donors (Lipinski definition) is 2. The van der Waals surface area contributed by atoms with E-state index in [1.165, 1.54) is 12.1 Å². The Balaban J connectivity index is 1.42. The highest BCUT2D eigenvalue weighted by Gasteiger charge is 2.15. The SMILES string of the molecule is O=C(NCc1cn2c(n1)CCCC2)c1ccccc1Nc1ccc(OC(F)F)cc1. The fourth-order valence-electron chi connectivity index (χ4n) is 3.49. The number of carbonyl (C=O) groups is 1. The standard InChI is InChI=1S/C22H22F2N4O2/c23-22(24)30-17-10-8-15(9-11-17)26-19-6-2-1-5-18(19)21(29)25-13-16-14-28-12-4-3-7-20(28)27-16/h1-2,5-6,8-11,14,22,26H,3-4,7,12-13H2,(H,25,29). The number of benzene rings is 2. The van der Waals surface area contributed by atoms with E-state index in [0.717, 1.165) is 37.3 Å². The number of aromatic nitrogens is 2. The van der Waals surface area contributed by atoms with Gasteiger partial charge in [0.25, 0.3) is 5.91 Å². The molecule has 3 aromatic rings. The molecule has 1 amide bonds. The van der Waals surface area contributed by atoms with Gasteiger partial charge in [0.15, 0.2) is 0 Å². The summed E-state index contributed by atoms with van der Waals surface area (Å²) in [5, 5.41) is 6.07. The predicted molar refractivity (Wildman–Crippen MR) is 109 cm³/mol. The molecule has 2 heterocycles. The zero-order chi connectivity index (χ0) is 20.9. The minimum atomic E-state index is -2.87. The molecule has 0 saturated carbocycles. The van der Waals surface area contributed by atoms with Crippen LogP contribution in [0.3, 0.4) is 0 Å².